The molecule has 3 rings (SSSR count). The number of ether oxygens (including phenoxy) is 2. The number of benzene rings is 1. The lowest BCUT2D eigenvalue weighted by Gasteiger charge is -2.28. The molecular weight excluding hydrogens is 394 g/mol. The first-order chi connectivity index (χ1) is 13.3. The van der Waals surface area contributed by atoms with E-state index in [2.05, 4.69) is 0 Å². The van der Waals surface area contributed by atoms with Gasteiger partial charge in [0.15, 0.2) is 23.0 Å². The molecule has 0 aromatic heterocycles. The standard InChI is InChI=1S/C17H26O8P2/c18-6-8-20-15(14-4-2-1-3-5-14)12-17(26-22-10-11-23-26)27-24-13-16(25-27)21-9-7-19/h1-5,15-19H,6-13H2. The van der Waals surface area contributed by atoms with Crippen LogP contribution >= 0.6 is 16.8 Å². The Morgan fingerprint density at radius 1 is 1.00 bits per heavy atom. The molecule has 4 atom stereocenters. The Hall–Kier alpha value is -0.240. The first kappa shape index (κ1) is 21.5. The zero-order chi connectivity index (χ0) is 18.9. The monoisotopic (exact) mass is 420 g/mol. The van der Waals surface area contributed by atoms with Crippen LogP contribution in [0.4, 0.5) is 0 Å². The molecule has 0 radical (unpaired) electrons. The van der Waals surface area contributed by atoms with Crippen molar-refractivity contribution in [2.45, 2.75) is 24.2 Å². The fourth-order valence-corrected chi connectivity index (χ4v) is 6.83. The molecule has 2 saturated heterocycles. The lowest BCUT2D eigenvalue weighted by Crippen LogP contribution is -2.17. The van der Waals surface area contributed by atoms with E-state index in [-0.39, 0.29) is 37.9 Å². The summed E-state index contributed by atoms with van der Waals surface area (Å²) in [7, 11) is -2.44. The minimum Gasteiger partial charge on any atom is -0.394 e. The first-order valence-corrected chi connectivity index (χ1v) is 11.4. The van der Waals surface area contributed by atoms with E-state index >= 15 is 0 Å². The highest BCUT2D eigenvalue weighted by Crippen LogP contribution is 2.66. The molecular formula is C17H26O8P2. The largest absolute Gasteiger partial charge is 0.394 e. The number of hydrogen-bond donors (Lipinski definition) is 2. The molecule has 152 valence electrons. The van der Waals surface area contributed by atoms with E-state index in [4.69, 9.17) is 32.7 Å². The SMILES string of the molecule is OCCOC1COP(C(CC(OCCO)c2ccccc2)P2OCCO2)O1. The number of hydrogen-bond acceptors (Lipinski definition) is 8. The quantitative estimate of drug-likeness (QED) is 0.528. The maximum absolute atomic E-state index is 9.18. The van der Waals surface area contributed by atoms with Gasteiger partial charge in [0.1, 0.15) is 12.0 Å². The van der Waals surface area contributed by atoms with Gasteiger partial charge in [0.2, 0.25) is 0 Å². The summed E-state index contributed by atoms with van der Waals surface area (Å²) in [6.45, 7) is 1.77. The molecule has 2 aliphatic heterocycles. The van der Waals surface area contributed by atoms with Crippen molar-refractivity contribution < 1.29 is 37.8 Å². The second-order valence-electron chi connectivity index (χ2n) is 5.87. The smallest absolute Gasteiger partial charge is 0.187 e. The molecule has 4 unspecified atom stereocenters. The van der Waals surface area contributed by atoms with Crippen molar-refractivity contribution in [3.63, 3.8) is 0 Å². The van der Waals surface area contributed by atoms with Crippen molar-refractivity contribution in [3.8, 4) is 0 Å². The molecule has 10 heteroatoms. The van der Waals surface area contributed by atoms with Crippen LogP contribution in [0.2, 0.25) is 0 Å². The molecule has 0 saturated carbocycles. The number of rotatable bonds is 11. The second-order valence-corrected chi connectivity index (χ2v) is 9.65. The Morgan fingerprint density at radius 3 is 2.44 bits per heavy atom. The Morgan fingerprint density at radius 2 is 1.74 bits per heavy atom. The fourth-order valence-electron chi connectivity index (χ4n) is 2.80. The van der Waals surface area contributed by atoms with Gasteiger partial charge in [-0.1, -0.05) is 30.3 Å². The van der Waals surface area contributed by atoms with Gasteiger partial charge in [-0.05, 0) is 12.0 Å². The summed E-state index contributed by atoms with van der Waals surface area (Å²) in [4.78, 5) is 0. The molecule has 1 aromatic rings. The van der Waals surface area contributed by atoms with Crippen LogP contribution in [0.25, 0.3) is 0 Å². The van der Waals surface area contributed by atoms with Crippen molar-refractivity contribution in [1.82, 2.24) is 0 Å². The molecule has 2 heterocycles. The van der Waals surface area contributed by atoms with Crippen LogP contribution in [0.15, 0.2) is 30.3 Å². The molecule has 0 amide bonds. The zero-order valence-electron chi connectivity index (χ0n) is 15.0. The van der Waals surface area contributed by atoms with Crippen molar-refractivity contribution in [2.75, 3.05) is 46.2 Å². The summed E-state index contributed by atoms with van der Waals surface area (Å²) in [5, 5.41) is 18.0. The average Bonchev–Trinajstić information content (AvgIpc) is 3.40. The summed E-state index contributed by atoms with van der Waals surface area (Å²) in [5.74, 6) is 0. The van der Waals surface area contributed by atoms with Crippen LogP contribution in [-0.4, -0.2) is 68.2 Å². The summed E-state index contributed by atoms with van der Waals surface area (Å²) in [6.07, 6.45) is -0.128. The van der Waals surface area contributed by atoms with Crippen LogP contribution in [0.3, 0.4) is 0 Å². The van der Waals surface area contributed by atoms with Crippen molar-refractivity contribution in [1.29, 1.82) is 0 Å². The van der Waals surface area contributed by atoms with E-state index < -0.39 is 23.0 Å². The molecule has 0 aliphatic carbocycles. The highest BCUT2D eigenvalue weighted by molar-refractivity contribution is 7.66. The Bertz CT molecular complexity index is 531. The van der Waals surface area contributed by atoms with Crippen molar-refractivity contribution in [2.24, 2.45) is 0 Å². The van der Waals surface area contributed by atoms with E-state index in [1.54, 1.807) is 0 Å². The predicted molar refractivity (Wildman–Crippen MR) is 100 cm³/mol. The van der Waals surface area contributed by atoms with E-state index in [1.807, 2.05) is 30.3 Å². The van der Waals surface area contributed by atoms with Crippen LogP contribution in [0.1, 0.15) is 18.1 Å². The Kier molecular flexibility index (Phi) is 9.29. The highest BCUT2D eigenvalue weighted by Gasteiger charge is 2.43. The third-order valence-electron chi connectivity index (χ3n) is 3.97. The van der Waals surface area contributed by atoms with Gasteiger partial charge in [0.05, 0.1) is 45.7 Å². The average molecular weight is 420 g/mol. The van der Waals surface area contributed by atoms with E-state index in [1.165, 1.54) is 0 Å². The van der Waals surface area contributed by atoms with E-state index in [0.29, 0.717) is 26.2 Å². The Balaban J connectivity index is 1.69. The summed E-state index contributed by atoms with van der Waals surface area (Å²) < 4.78 is 34.7. The third-order valence-corrected chi connectivity index (χ3v) is 8.22. The molecule has 0 bridgehead atoms. The van der Waals surface area contributed by atoms with Gasteiger partial charge >= 0.3 is 0 Å². The van der Waals surface area contributed by atoms with Gasteiger partial charge < -0.3 is 37.8 Å². The molecule has 1 aromatic carbocycles. The molecule has 27 heavy (non-hydrogen) atoms. The predicted octanol–water partition coefficient (Wildman–Crippen LogP) is 2.51. The summed E-state index contributed by atoms with van der Waals surface area (Å²) >= 11 is 0. The van der Waals surface area contributed by atoms with Gasteiger partial charge in [-0.2, -0.15) is 0 Å². The fraction of sp³-hybridized carbons (Fsp3) is 0.647. The molecule has 2 N–H and O–H groups in total. The van der Waals surface area contributed by atoms with Gasteiger partial charge in [-0.15, -0.1) is 0 Å². The molecule has 0 spiro atoms. The summed E-state index contributed by atoms with van der Waals surface area (Å²) in [6, 6.07) is 9.87. The minimum absolute atomic E-state index is 0.0470. The normalized spacial score (nSPS) is 25.7. The zero-order valence-corrected chi connectivity index (χ0v) is 16.8. The van der Waals surface area contributed by atoms with Crippen LogP contribution in [0, 0.1) is 0 Å². The minimum atomic E-state index is -1.28. The van der Waals surface area contributed by atoms with Crippen LogP contribution < -0.4 is 0 Å². The topological polar surface area (TPSA) is 95.8 Å². The maximum Gasteiger partial charge on any atom is 0.187 e. The highest BCUT2D eigenvalue weighted by atomic mass is 31.2. The van der Waals surface area contributed by atoms with Crippen LogP contribution in [0.5, 0.6) is 0 Å². The van der Waals surface area contributed by atoms with Gasteiger partial charge in [-0.25, -0.2) is 0 Å². The van der Waals surface area contributed by atoms with Crippen molar-refractivity contribution in [3.05, 3.63) is 35.9 Å². The summed E-state index contributed by atoms with van der Waals surface area (Å²) in [5.41, 5.74) is 1.02. The van der Waals surface area contributed by atoms with Crippen molar-refractivity contribution >= 4 is 16.8 Å². The lowest BCUT2D eigenvalue weighted by atomic mass is 10.1. The lowest BCUT2D eigenvalue weighted by molar-refractivity contribution is -0.0752. The molecule has 8 nitrogen and oxygen atoms in total. The van der Waals surface area contributed by atoms with Gasteiger partial charge in [0.25, 0.3) is 0 Å². The van der Waals surface area contributed by atoms with E-state index in [9.17, 15) is 5.11 Å². The molecule has 2 aliphatic rings. The third kappa shape index (κ3) is 6.38. The number of aliphatic hydroxyl groups is 2. The first-order valence-electron chi connectivity index (χ1n) is 8.95. The van der Waals surface area contributed by atoms with Crippen LogP contribution in [-0.2, 0) is 27.6 Å². The van der Waals surface area contributed by atoms with E-state index in [0.717, 1.165) is 5.56 Å². The maximum atomic E-state index is 9.18. The number of aliphatic hydroxyl groups excluding tert-OH is 2. The van der Waals surface area contributed by atoms with Gasteiger partial charge in [-0.3, -0.25) is 0 Å². The second kappa shape index (κ2) is 11.7. The molecule has 2 fully saturated rings. The Labute approximate surface area is 161 Å². The van der Waals surface area contributed by atoms with Gasteiger partial charge in [0, 0.05) is 0 Å².